The van der Waals surface area contributed by atoms with Crippen LogP contribution in [0.3, 0.4) is 0 Å². The zero-order valence-electron chi connectivity index (χ0n) is 21.4. The number of morpholine rings is 1. The molecule has 0 aromatic rings. The van der Waals surface area contributed by atoms with Gasteiger partial charge in [-0.25, -0.2) is 0 Å². The van der Waals surface area contributed by atoms with Gasteiger partial charge < -0.3 is 14.9 Å². The fraction of sp³-hybridized carbons (Fsp3) is 0.793. The Morgan fingerprint density at radius 1 is 1.18 bits per heavy atom. The topological polar surface area (TPSA) is 52.9 Å². The molecule has 0 spiro atoms. The molecule has 4 rings (SSSR count). The van der Waals surface area contributed by atoms with E-state index in [4.69, 9.17) is 4.74 Å². The number of allylic oxidation sites excluding steroid dienone is 3. The normalized spacial score (nSPS) is 42.4. The van der Waals surface area contributed by atoms with E-state index in [0.717, 1.165) is 30.6 Å². The highest BCUT2D eigenvalue weighted by Gasteiger charge is 2.50. The lowest BCUT2D eigenvalue weighted by Crippen LogP contribution is -2.48. The molecule has 186 valence electrons. The molecule has 0 aromatic heterocycles. The number of ether oxygens (including phenoxy) is 1. The summed E-state index contributed by atoms with van der Waals surface area (Å²) in [6.07, 6.45) is 12.7. The second-order valence-corrected chi connectivity index (χ2v) is 11.9. The number of nitrogens with zero attached hydrogens (tertiary/aromatic N) is 1. The molecule has 0 radical (unpaired) electrons. The predicted molar refractivity (Wildman–Crippen MR) is 135 cm³/mol. The van der Waals surface area contributed by atoms with Crippen molar-refractivity contribution in [2.24, 2.45) is 23.2 Å². The Kier molecular flexibility index (Phi) is 7.90. The SMILES string of the molecule is C=C1[C@H](O)CC(=CC=C2CCC[C@]3(C)[C@@H](C(C)CCN4C[C@@H](C)OC[C@H]4C)CC[C@@H]23)C[C@H]1O. The third-order valence-electron chi connectivity index (χ3n) is 9.63. The first-order valence-corrected chi connectivity index (χ1v) is 13.5. The Morgan fingerprint density at radius 3 is 2.64 bits per heavy atom. The minimum absolute atomic E-state index is 0.356. The number of fused-ring (bicyclic) bond motifs is 1. The van der Waals surface area contributed by atoms with E-state index in [-0.39, 0.29) is 0 Å². The highest BCUT2D eigenvalue weighted by Crippen LogP contribution is 2.59. The lowest BCUT2D eigenvalue weighted by molar-refractivity contribution is -0.0521. The van der Waals surface area contributed by atoms with Crippen LogP contribution in [0.15, 0.2) is 35.5 Å². The molecule has 1 heterocycles. The second-order valence-electron chi connectivity index (χ2n) is 11.9. The van der Waals surface area contributed by atoms with Crippen LogP contribution >= 0.6 is 0 Å². The van der Waals surface area contributed by atoms with Gasteiger partial charge in [0.05, 0.1) is 24.9 Å². The minimum atomic E-state index is -0.607. The van der Waals surface area contributed by atoms with Crippen LogP contribution in [-0.4, -0.2) is 59.2 Å². The summed E-state index contributed by atoms with van der Waals surface area (Å²) in [6.45, 7) is 16.5. The van der Waals surface area contributed by atoms with Gasteiger partial charge in [-0.3, -0.25) is 4.90 Å². The molecule has 3 aliphatic carbocycles. The Morgan fingerprint density at radius 2 is 1.91 bits per heavy atom. The van der Waals surface area contributed by atoms with Crippen LogP contribution < -0.4 is 0 Å². The fourth-order valence-corrected chi connectivity index (χ4v) is 7.49. The highest BCUT2D eigenvalue weighted by atomic mass is 16.5. The van der Waals surface area contributed by atoms with E-state index >= 15 is 0 Å². The van der Waals surface area contributed by atoms with Crippen LogP contribution in [0.25, 0.3) is 0 Å². The summed E-state index contributed by atoms with van der Waals surface area (Å²) in [5.74, 6) is 2.23. The molecule has 3 saturated carbocycles. The van der Waals surface area contributed by atoms with Gasteiger partial charge in [0, 0.05) is 12.6 Å². The smallest absolute Gasteiger partial charge is 0.0809 e. The molecule has 4 nitrogen and oxygen atoms in total. The summed E-state index contributed by atoms with van der Waals surface area (Å²) in [6, 6.07) is 0.534. The number of rotatable bonds is 5. The Balaban J connectivity index is 1.40. The van der Waals surface area contributed by atoms with Gasteiger partial charge in [0.25, 0.3) is 0 Å². The van der Waals surface area contributed by atoms with Gasteiger partial charge in [-0.1, -0.05) is 43.7 Å². The zero-order valence-corrected chi connectivity index (χ0v) is 21.4. The van der Waals surface area contributed by atoms with Crippen molar-refractivity contribution in [1.29, 1.82) is 0 Å². The second kappa shape index (κ2) is 10.4. The van der Waals surface area contributed by atoms with E-state index in [9.17, 15) is 10.2 Å². The summed E-state index contributed by atoms with van der Waals surface area (Å²) >= 11 is 0. The summed E-state index contributed by atoms with van der Waals surface area (Å²) in [5, 5.41) is 20.4. The molecule has 8 atom stereocenters. The van der Waals surface area contributed by atoms with Crippen molar-refractivity contribution in [3.05, 3.63) is 35.5 Å². The molecule has 4 aliphatic rings. The van der Waals surface area contributed by atoms with Gasteiger partial charge in [0.15, 0.2) is 0 Å². The molecule has 0 aromatic carbocycles. The Labute approximate surface area is 201 Å². The van der Waals surface area contributed by atoms with Crippen molar-refractivity contribution in [3.8, 4) is 0 Å². The monoisotopic (exact) mass is 457 g/mol. The molecule has 2 N–H and O–H groups in total. The highest BCUT2D eigenvalue weighted by molar-refractivity contribution is 5.29. The molecule has 4 fully saturated rings. The van der Waals surface area contributed by atoms with E-state index in [1.54, 1.807) is 5.57 Å². The van der Waals surface area contributed by atoms with Crippen LogP contribution in [0, 0.1) is 23.2 Å². The Hall–Kier alpha value is -0.940. The third-order valence-corrected chi connectivity index (χ3v) is 9.63. The molecule has 0 amide bonds. The molecular formula is C29H47NO3. The molecular weight excluding hydrogens is 410 g/mol. The maximum atomic E-state index is 10.2. The molecule has 1 aliphatic heterocycles. The number of hydrogen-bond acceptors (Lipinski definition) is 4. The quantitative estimate of drug-likeness (QED) is 0.553. The largest absolute Gasteiger partial charge is 0.388 e. The fourth-order valence-electron chi connectivity index (χ4n) is 7.49. The van der Waals surface area contributed by atoms with E-state index < -0.39 is 12.2 Å². The van der Waals surface area contributed by atoms with Gasteiger partial charge in [0.1, 0.15) is 0 Å². The van der Waals surface area contributed by atoms with E-state index in [1.807, 2.05) is 0 Å². The lowest BCUT2D eigenvalue weighted by Gasteiger charge is -2.45. The summed E-state index contributed by atoms with van der Waals surface area (Å²) in [4.78, 5) is 2.64. The average molecular weight is 458 g/mol. The molecule has 33 heavy (non-hydrogen) atoms. The number of hydrogen-bond donors (Lipinski definition) is 2. The predicted octanol–water partition coefficient (Wildman–Crippen LogP) is 5.26. The van der Waals surface area contributed by atoms with Gasteiger partial charge in [-0.05, 0) is 101 Å². The Bertz CT molecular complexity index is 757. The standard InChI is InChI=1S/C29H47NO3/c1-19(12-14-30-17-21(3)33-18-20(30)2)25-10-11-26-24(7-6-13-29(25,26)5)9-8-23-15-27(31)22(4)28(32)16-23/h8-9,19-21,25-28,31-32H,4,6-7,10-18H2,1-3,5H3/t19?,20-,21-,25-,26+,27-,28-,29-/m1/s1. The van der Waals surface area contributed by atoms with Crippen molar-refractivity contribution >= 4 is 0 Å². The number of aliphatic hydroxyl groups excluding tert-OH is 2. The van der Waals surface area contributed by atoms with E-state index in [1.165, 1.54) is 45.1 Å². The van der Waals surface area contributed by atoms with Crippen LogP contribution in [0.4, 0.5) is 0 Å². The third kappa shape index (κ3) is 5.34. The van der Waals surface area contributed by atoms with E-state index in [0.29, 0.717) is 41.9 Å². The summed E-state index contributed by atoms with van der Waals surface area (Å²) < 4.78 is 5.82. The van der Waals surface area contributed by atoms with Crippen LogP contribution in [0.2, 0.25) is 0 Å². The molecule has 4 heteroatoms. The first-order chi connectivity index (χ1) is 15.7. The van der Waals surface area contributed by atoms with E-state index in [2.05, 4.69) is 51.3 Å². The molecule has 1 unspecified atom stereocenters. The maximum absolute atomic E-state index is 10.2. The van der Waals surface area contributed by atoms with Crippen LogP contribution in [0.1, 0.15) is 79.1 Å². The van der Waals surface area contributed by atoms with Gasteiger partial charge >= 0.3 is 0 Å². The lowest BCUT2D eigenvalue weighted by atomic mass is 9.61. The molecule has 1 saturated heterocycles. The summed E-state index contributed by atoms with van der Waals surface area (Å²) in [7, 11) is 0. The first kappa shape index (κ1) is 25.2. The first-order valence-electron chi connectivity index (χ1n) is 13.5. The maximum Gasteiger partial charge on any atom is 0.0809 e. The van der Waals surface area contributed by atoms with Crippen molar-refractivity contribution in [2.75, 3.05) is 19.7 Å². The van der Waals surface area contributed by atoms with Gasteiger partial charge in [0.2, 0.25) is 0 Å². The molecule has 0 bridgehead atoms. The van der Waals surface area contributed by atoms with Crippen molar-refractivity contribution in [3.63, 3.8) is 0 Å². The average Bonchev–Trinajstić information content (AvgIpc) is 3.14. The van der Waals surface area contributed by atoms with Crippen LogP contribution in [-0.2, 0) is 4.74 Å². The number of aliphatic hydroxyl groups is 2. The van der Waals surface area contributed by atoms with Crippen molar-refractivity contribution in [2.45, 2.75) is 103 Å². The van der Waals surface area contributed by atoms with Crippen LogP contribution in [0.5, 0.6) is 0 Å². The zero-order chi connectivity index (χ0) is 23.8. The van der Waals surface area contributed by atoms with Gasteiger partial charge in [-0.15, -0.1) is 0 Å². The van der Waals surface area contributed by atoms with Gasteiger partial charge in [-0.2, -0.15) is 0 Å². The minimum Gasteiger partial charge on any atom is -0.388 e. The summed E-state index contributed by atoms with van der Waals surface area (Å²) in [5.41, 5.74) is 3.73. The van der Waals surface area contributed by atoms with Crippen molar-refractivity contribution in [1.82, 2.24) is 4.90 Å². The van der Waals surface area contributed by atoms with Crippen molar-refractivity contribution < 1.29 is 14.9 Å².